The van der Waals surface area contributed by atoms with Crippen molar-refractivity contribution in [3.63, 3.8) is 0 Å². The first-order chi connectivity index (χ1) is 35.2. The van der Waals surface area contributed by atoms with Gasteiger partial charge in [0.05, 0.1) is 0 Å². The van der Waals surface area contributed by atoms with E-state index in [1.807, 2.05) is 0 Å². The van der Waals surface area contributed by atoms with Gasteiger partial charge >= 0.3 is 0 Å². The van der Waals surface area contributed by atoms with Gasteiger partial charge in [-0.2, -0.15) is 0 Å². The van der Waals surface area contributed by atoms with Gasteiger partial charge in [-0.15, -0.1) is 0 Å². The second-order valence-corrected chi connectivity index (χ2v) is 26.0. The van der Waals surface area contributed by atoms with Crippen LogP contribution in [0.25, 0.3) is 21.9 Å². The van der Waals surface area contributed by atoms with Crippen molar-refractivity contribution in [1.82, 2.24) is 0 Å². The Morgan fingerprint density at radius 3 is 1.59 bits per heavy atom. The van der Waals surface area contributed by atoms with Gasteiger partial charge in [-0.25, -0.2) is 0 Å². The molecule has 0 spiro atoms. The van der Waals surface area contributed by atoms with E-state index in [1.165, 1.54) is 91.0 Å². The van der Waals surface area contributed by atoms with E-state index < -0.39 is 0 Å². The van der Waals surface area contributed by atoms with Gasteiger partial charge in [0.1, 0.15) is 11.2 Å². The summed E-state index contributed by atoms with van der Waals surface area (Å²) in [4.78, 5) is 7.67. The van der Waals surface area contributed by atoms with Gasteiger partial charge in [-0.3, -0.25) is 0 Å². The van der Waals surface area contributed by atoms with Crippen molar-refractivity contribution in [2.75, 3.05) is 14.7 Å². The maximum atomic E-state index is 6.71. The number of aryl methyl sites for hydroxylation is 1. The average Bonchev–Trinajstić information content (AvgIpc) is 3.74. The second kappa shape index (κ2) is 16.0. The molecule has 9 aromatic rings. The van der Waals surface area contributed by atoms with Crippen molar-refractivity contribution in [2.24, 2.45) is 0 Å². The molecule has 0 atom stereocenters. The predicted molar refractivity (Wildman–Crippen MR) is 316 cm³/mol. The van der Waals surface area contributed by atoms with Crippen molar-refractivity contribution in [1.29, 1.82) is 0 Å². The van der Waals surface area contributed by atoms with E-state index in [-0.39, 0.29) is 33.8 Å². The molecule has 4 nitrogen and oxygen atoms in total. The van der Waals surface area contributed by atoms with Crippen molar-refractivity contribution < 1.29 is 4.42 Å². The lowest BCUT2D eigenvalue weighted by Gasteiger charge is -2.48. The van der Waals surface area contributed by atoms with Gasteiger partial charge < -0.3 is 19.1 Å². The number of hydrogen-bond acceptors (Lipinski definition) is 4. The van der Waals surface area contributed by atoms with E-state index in [0.29, 0.717) is 0 Å². The summed E-state index contributed by atoms with van der Waals surface area (Å²) in [5.74, 6) is 0. The average molecular weight is 968 g/mol. The highest BCUT2D eigenvalue weighted by Crippen LogP contribution is 2.53. The molecule has 0 fully saturated rings. The number of fused-ring (bicyclic) bond motifs is 9. The standard InChI is InChI=1S/C69H70BN3O/c1-43-35-60-64-61(36-43)73(48-24-28-52-53(39-48)67(7,8)32-31-66(52,5)6)59-42-55-54(68(9,10)33-34-69(55,11)12)41-57(59)70(64)56-29-25-49(71(45-19-15-13-16-20-45)46-21-17-14-18-22-46)40-58(56)72(60)47-26-30-62-51(38-47)50-27-23-44(65(2,3)4)37-63(50)74-62/h13-30,35-42H,31-34H2,1-12H3. The van der Waals surface area contributed by atoms with Crippen LogP contribution in [0.5, 0.6) is 0 Å². The van der Waals surface area contributed by atoms with Crippen LogP contribution in [0.1, 0.15) is 135 Å². The summed E-state index contributed by atoms with van der Waals surface area (Å²) in [6.07, 6.45) is 4.67. The van der Waals surface area contributed by atoms with E-state index in [9.17, 15) is 0 Å². The molecular formula is C69H70BN3O. The van der Waals surface area contributed by atoms with Gasteiger partial charge in [0, 0.05) is 62.0 Å². The number of nitrogens with zero attached hydrogens (tertiary/aromatic N) is 3. The molecule has 0 saturated heterocycles. The van der Waals surface area contributed by atoms with Crippen molar-refractivity contribution in [3.8, 4) is 0 Å². The Balaban J connectivity index is 1.12. The van der Waals surface area contributed by atoms with Crippen molar-refractivity contribution in [2.45, 2.75) is 136 Å². The molecule has 13 rings (SSSR count). The van der Waals surface area contributed by atoms with Crippen LogP contribution < -0.4 is 31.1 Å². The number of hydrogen-bond donors (Lipinski definition) is 0. The lowest BCUT2D eigenvalue weighted by atomic mass is 9.33. The molecule has 0 bridgehead atoms. The Morgan fingerprint density at radius 1 is 0.446 bits per heavy atom. The third-order valence-electron chi connectivity index (χ3n) is 18.1. The lowest BCUT2D eigenvalue weighted by Crippen LogP contribution is -2.62. The molecule has 0 saturated carbocycles. The van der Waals surface area contributed by atoms with Gasteiger partial charge in [0.2, 0.25) is 0 Å². The molecule has 8 aromatic carbocycles. The normalized spacial score (nSPS) is 17.6. The summed E-state index contributed by atoms with van der Waals surface area (Å²) in [6, 6.07) is 60.4. The van der Waals surface area contributed by atoms with Gasteiger partial charge in [0.25, 0.3) is 6.71 Å². The van der Waals surface area contributed by atoms with Crippen LogP contribution >= 0.6 is 0 Å². The summed E-state index contributed by atoms with van der Waals surface area (Å²) < 4.78 is 6.71. The number of furan rings is 1. The minimum Gasteiger partial charge on any atom is -0.456 e. The van der Waals surface area contributed by atoms with Crippen LogP contribution in [0, 0.1) is 6.92 Å². The third-order valence-corrected chi connectivity index (χ3v) is 18.1. The quantitative estimate of drug-likeness (QED) is 0.160. The maximum Gasteiger partial charge on any atom is 0.252 e. The number of benzene rings is 8. The Bertz CT molecular complexity index is 3720. The fraction of sp³-hybridized carbons (Fsp3) is 0.304. The topological polar surface area (TPSA) is 22.9 Å². The van der Waals surface area contributed by atoms with Crippen molar-refractivity contribution in [3.05, 3.63) is 191 Å². The van der Waals surface area contributed by atoms with Crippen LogP contribution in [-0.2, 0) is 27.1 Å². The summed E-state index contributed by atoms with van der Waals surface area (Å²) in [5.41, 5.74) is 25.2. The van der Waals surface area contributed by atoms with Crippen LogP contribution in [0.2, 0.25) is 0 Å². The highest BCUT2D eigenvalue weighted by Gasteiger charge is 2.47. The summed E-state index contributed by atoms with van der Waals surface area (Å²) in [6.45, 7) is 28.8. The van der Waals surface area contributed by atoms with Gasteiger partial charge in [-0.05, 0) is 200 Å². The van der Waals surface area contributed by atoms with E-state index in [1.54, 1.807) is 0 Å². The Morgan fingerprint density at radius 2 is 0.986 bits per heavy atom. The summed E-state index contributed by atoms with van der Waals surface area (Å²) >= 11 is 0. The molecule has 0 amide bonds. The minimum atomic E-state index is -0.0255. The number of rotatable bonds is 5. The predicted octanol–water partition coefficient (Wildman–Crippen LogP) is 17.4. The monoisotopic (exact) mass is 968 g/mol. The first-order valence-electron chi connectivity index (χ1n) is 27.3. The third kappa shape index (κ3) is 7.15. The minimum absolute atomic E-state index is 0.00534. The largest absolute Gasteiger partial charge is 0.456 e. The zero-order chi connectivity index (χ0) is 51.4. The molecule has 4 aliphatic rings. The molecule has 2 aliphatic heterocycles. The molecular weight excluding hydrogens is 898 g/mol. The summed E-state index contributed by atoms with van der Waals surface area (Å²) in [5, 5.41) is 2.26. The van der Waals surface area contributed by atoms with Crippen LogP contribution in [0.3, 0.4) is 0 Å². The fourth-order valence-corrected chi connectivity index (χ4v) is 13.6. The smallest absolute Gasteiger partial charge is 0.252 e. The Kier molecular flexibility index (Phi) is 10.1. The lowest BCUT2D eigenvalue weighted by molar-refractivity contribution is 0.332. The highest BCUT2D eigenvalue weighted by atomic mass is 16.3. The van der Waals surface area contributed by atoms with E-state index >= 15 is 0 Å². The Labute approximate surface area is 440 Å². The highest BCUT2D eigenvalue weighted by molar-refractivity contribution is 7.00. The maximum absolute atomic E-state index is 6.71. The van der Waals surface area contributed by atoms with E-state index in [0.717, 1.165) is 57.5 Å². The zero-order valence-corrected chi connectivity index (χ0v) is 45.7. The van der Waals surface area contributed by atoms with Gasteiger partial charge in [0.15, 0.2) is 0 Å². The van der Waals surface area contributed by atoms with Crippen LogP contribution in [0.4, 0.5) is 51.2 Å². The van der Waals surface area contributed by atoms with Crippen molar-refractivity contribution >= 4 is 96.2 Å². The zero-order valence-electron chi connectivity index (χ0n) is 45.7. The molecule has 0 N–H and O–H groups in total. The molecule has 3 heterocycles. The fourth-order valence-electron chi connectivity index (χ4n) is 13.6. The SMILES string of the molecule is Cc1cc2c3c(c1)N(c1ccc4c(c1)C(C)(C)CCC4(C)C)c1cc4c(cc1B3c1ccc(N(c3ccccc3)c3ccccc3)cc1N2c1ccc2oc3cc(C(C)(C)C)ccc3c2c1)C(C)(C)CCC4(C)C. The molecule has 74 heavy (non-hydrogen) atoms. The second-order valence-electron chi connectivity index (χ2n) is 26.0. The number of para-hydroxylation sites is 2. The first kappa shape index (κ1) is 46.8. The summed E-state index contributed by atoms with van der Waals surface area (Å²) in [7, 11) is 0. The molecule has 0 unspecified atom stereocenters. The van der Waals surface area contributed by atoms with Crippen LogP contribution in [-0.4, -0.2) is 6.71 Å². The van der Waals surface area contributed by atoms with E-state index in [4.69, 9.17) is 4.42 Å². The van der Waals surface area contributed by atoms with Crippen LogP contribution in [0.15, 0.2) is 162 Å². The Hall–Kier alpha value is -6.98. The van der Waals surface area contributed by atoms with Gasteiger partial charge in [-0.1, -0.05) is 143 Å². The molecule has 0 radical (unpaired) electrons. The van der Waals surface area contributed by atoms with E-state index in [2.05, 4.69) is 256 Å². The molecule has 5 heteroatoms. The molecule has 370 valence electrons. The number of anilines is 9. The first-order valence-corrected chi connectivity index (χ1v) is 27.3. The molecule has 1 aromatic heterocycles. The molecule has 2 aliphatic carbocycles.